The fourth-order valence-corrected chi connectivity index (χ4v) is 4.10. The highest BCUT2D eigenvalue weighted by molar-refractivity contribution is 5.99. The third-order valence-electron chi connectivity index (χ3n) is 6.06. The Hall–Kier alpha value is -4.96. The fourth-order valence-electron chi connectivity index (χ4n) is 4.10. The molecule has 0 radical (unpaired) electrons. The van der Waals surface area contributed by atoms with Gasteiger partial charge in [0.15, 0.2) is 0 Å². The molecule has 0 amide bonds. The lowest BCUT2D eigenvalue weighted by molar-refractivity contribution is -0.192. The van der Waals surface area contributed by atoms with E-state index in [1.165, 1.54) is 0 Å². The average Bonchev–Trinajstić information content (AvgIpc) is 2.97. The molecule has 0 saturated carbocycles. The normalized spacial score (nSPS) is 11.0. The van der Waals surface area contributed by atoms with Crippen LogP contribution < -0.4 is 16.0 Å². The van der Waals surface area contributed by atoms with E-state index < -0.39 is 12.1 Å². The van der Waals surface area contributed by atoms with E-state index in [-0.39, 0.29) is 5.56 Å². The summed E-state index contributed by atoms with van der Waals surface area (Å²) in [5.41, 5.74) is 12.6. The number of hydrogen-bond acceptors (Lipinski definition) is 5. The maximum atomic E-state index is 12.9. The Bertz CT molecular complexity index is 1700. The van der Waals surface area contributed by atoms with Crippen LogP contribution in [0, 0.1) is 0 Å². The molecular formula is C30H24F3N3O4. The van der Waals surface area contributed by atoms with Crippen LogP contribution in [0.5, 0.6) is 5.75 Å². The summed E-state index contributed by atoms with van der Waals surface area (Å²) in [4.78, 5) is 29.8. The molecule has 204 valence electrons. The molecule has 0 atom stereocenters. The number of benzene rings is 3. The second-order valence-corrected chi connectivity index (χ2v) is 8.58. The minimum absolute atomic E-state index is 0.182. The highest BCUT2D eigenvalue weighted by Crippen LogP contribution is 2.37. The van der Waals surface area contributed by atoms with Gasteiger partial charge in [0.1, 0.15) is 5.75 Å². The number of hydrogen-bond donors (Lipinski definition) is 3. The van der Waals surface area contributed by atoms with Crippen LogP contribution in [0.1, 0.15) is 5.56 Å². The van der Waals surface area contributed by atoms with Gasteiger partial charge in [0.2, 0.25) is 0 Å². The third kappa shape index (κ3) is 6.02. The number of aliphatic carboxylic acids is 1. The minimum atomic E-state index is -5.08. The van der Waals surface area contributed by atoms with Crippen molar-refractivity contribution < 1.29 is 27.8 Å². The molecule has 0 bridgehead atoms. The first-order chi connectivity index (χ1) is 19.1. The molecule has 3 aromatic carbocycles. The molecule has 0 saturated heterocycles. The average molecular weight is 548 g/mol. The summed E-state index contributed by atoms with van der Waals surface area (Å²) < 4.78 is 37.3. The molecule has 0 aliphatic carbocycles. The van der Waals surface area contributed by atoms with Crippen molar-refractivity contribution in [3.05, 3.63) is 107 Å². The molecule has 5 rings (SSSR count). The van der Waals surface area contributed by atoms with Crippen molar-refractivity contribution in [3.63, 3.8) is 0 Å². The number of para-hydroxylation sites is 1. The molecule has 0 aliphatic rings. The van der Waals surface area contributed by atoms with Gasteiger partial charge in [-0.25, -0.2) is 9.78 Å². The number of carboxylic acid groups (broad SMARTS) is 1. The summed E-state index contributed by atoms with van der Waals surface area (Å²) in [5.74, 6) is -2.04. The van der Waals surface area contributed by atoms with Gasteiger partial charge in [0, 0.05) is 35.0 Å². The van der Waals surface area contributed by atoms with Crippen molar-refractivity contribution >= 4 is 16.9 Å². The highest BCUT2D eigenvalue weighted by atomic mass is 19.4. The number of nitrogens with zero attached hydrogens (tertiary/aromatic N) is 1. The summed E-state index contributed by atoms with van der Waals surface area (Å²) in [5, 5.41) is 7.65. The zero-order valence-corrected chi connectivity index (χ0v) is 21.2. The largest absolute Gasteiger partial charge is 0.496 e. The van der Waals surface area contributed by atoms with Crippen molar-refractivity contribution in [3.8, 4) is 39.3 Å². The molecule has 5 aromatic rings. The number of pyridine rings is 2. The fraction of sp³-hybridized carbons (Fsp3) is 0.100. The Morgan fingerprint density at radius 3 is 2.15 bits per heavy atom. The van der Waals surface area contributed by atoms with E-state index in [2.05, 4.69) is 4.98 Å². The van der Waals surface area contributed by atoms with Crippen molar-refractivity contribution in [1.29, 1.82) is 0 Å². The van der Waals surface area contributed by atoms with Gasteiger partial charge >= 0.3 is 12.1 Å². The number of nitrogens with one attached hydrogen (secondary N) is 1. The van der Waals surface area contributed by atoms with Crippen molar-refractivity contribution in [2.75, 3.05) is 7.11 Å². The quantitative estimate of drug-likeness (QED) is 0.248. The van der Waals surface area contributed by atoms with E-state index in [0.29, 0.717) is 23.2 Å². The Morgan fingerprint density at radius 2 is 1.55 bits per heavy atom. The van der Waals surface area contributed by atoms with Gasteiger partial charge in [0.25, 0.3) is 5.56 Å². The first-order valence-corrected chi connectivity index (χ1v) is 12.0. The van der Waals surface area contributed by atoms with Gasteiger partial charge in [-0.15, -0.1) is 0 Å². The van der Waals surface area contributed by atoms with Gasteiger partial charge < -0.3 is 20.6 Å². The van der Waals surface area contributed by atoms with Crippen LogP contribution in [0.15, 0.2) is 95.9 Å². The summed E-state index contributed by atoms with van der Waals surface area (Å²) in [7, 11) is 1.64. The second kappa shape index (κ2) is 11.8. The van der Waals surface area contributed by atoms with E-state index in [1.54, 1.807) is 13.3 Å². The number of alkyl halides is 3. The van der Waals surface area contributed by atoms with E-state index in [0.717, 1.165) is 39.1 Å². The number of aromatic nitrogens is 2. The van der Waals surface area contributed by atoms with Gasteiger partial charge in [0.05, 0.1) is 23.7 Å². The zero-order valence-electron chi connectivity index (χ0n) is 21.2. The van der Waals surface area contributed by atoms with Gasteiger partial charge in [-0.3, -0.25) is 4.79 Å². The standard InChI is InChI=1S/C28H23N3O2.C2HF3O2/c1-33-25-10-6-5-9-21(25)24-17-30-28(32)23-15-22(19-7-3-2-4-8-19)26(31-27(23)24)20-13-11-18(16-29)12-14-20;3-2(4,5)1(6)7/h2-15,17H,16,29H2,1H3,(H,30,32);(H,6,7). The van der Waals surface area contributed by atoms with Crippen molar-refractivity contribution in [1.82, 2.24) is 9.97 Å². The van der Waals surface area contributed by atoms with Crippen LogP contribution in [0.4, 0.5) is 13.2 Å². The summed E-state index contributed by atoms with van der Waals surface area (Å²) in [6.07, 6.45) is -3.38. The molecule has 40 heavy (non-hydrogen) atoms. The first-order valence-electron chi connectivity index (χ1n) is 12.0. The number of nitrogens with two attached hydrogens (primary N) is 1. The molecule has 0 unspecified atom stereocenters. The minimum Gasteiger partial charge on any atom is -0.496 e. The maximum Gasteiger partial charge on any atom is 0.490 e. The van der Waals surface area contributed by atoms with E-state index in [4.69, 9.17) is 25.4 Å². The molecule has 0 fully saturated rings. The molecule has 2 aromatic heterocycles. The number of carboxylic acids is 1. The van der Waals surface area contributed by atoms with Crippen molar-refractivity contribution in [2.24, 2.45) is 5.73 Å². The number of rotatable bonds is 5. The Kier molecular flexibility index (Phi) is 8.30. The van der Waals surface area contributed by atoms with Crippen LogP contribution in [-0.2, 0) is 11.3 Å². The lowest BCUT2D eigenvalue weighted by atomic mass is 9.95. The van der Waals surface area contributed by atoms with Crippen LogP contribution in [-0.4, -0.2) is 34.3 Å². The topological polar surface area (TPSA) is 118 Å². The Balaban J connectivity index is 0.000000470. The zero-order chi connectivity index (χ0) is 28.9. The Labute approximate surface area is 226 Å². The summed E-state index contributed by atoms with van der Waals surface area (Å²) in [6.45, 7) is 0.476. The molecule has 2 heterocycles. The number of halogens is 3. The number of ether oxygens (including phenoxy) is 1. The van der Waals surface area contributed by atoms with E-state index >= 15 is 0 Å². The van der Waals surface area contributed by atoms with Gasteiger partial charge in [-0.1, -0.05) is 72.8 Å². The van der Waals surface area contributed by atoms with Crippen LogP contribution in [0.25, 0.3) is 44.4 Å². The predicted octanol–water partition coefficient (Wildman–Crippen LogP) is 6.02. The first kappa shape index (κ1) is 28.1. The SMILES string of the molecule is COc1ccccc1-c1c[nH]c(=O)c2cc(-c3ccccc3)c(-c3ccc(CN)cc3)nc12.O=C(O)C(F)(F)F. The van der Waals surface area contributed by atoms with Crippen molar-refractivity contribution in [2.45, 2.75) is 12.7 Å². The lowest BCUT2D eigenvalue weighted by Gasteiger charge is -2.15. The number of H-pyrrole nitrogens is 1. The summed E-state index contributed by atoms with van der Waals surface area (Å²) in [6, 6.07) is 27.7. The molecule has 7 nitrogen and oxygen atoms in total. The molecule has 0 spiro atoms. The third-order valence-corrected chi connectivity index (χ3v) is 6.06. The molecule has 10 heteroatoms. The predicted molar refractivity (Wildman–Crippen MR) is 147 cm³/mol. The number of aromatic amines is 1. The summed E-state index contributed by atoms with van der Waals surface area (Å²) >= 11 is 0. The number of carbonyl (C=O) groups is 1. The number of fused-ring (bicyclic) bond motifs is 1. The molecule has 0 aliphatic heterocycles. The smallest absolute Gasteiger partial charge is 0.490 e. The lowest BCUT2D eigenvalue weighted by Crippen LogP contribution is -2.21. The van der Waals surface area contributed by atoms with E-state index in [1.807, 2.05) is 84.9 Å². The maximum absolute atomic E-state index is 12.9. The van der Waals surface area contributed by atoms with Crippen LogP contribution >= 0.6 is 0 Å². The molecular weight excluding hydrogens is 523 g/mol. The van der Waals surface area contributed by atoms with Gasteiger partial charge in [-0.05, 0) is 23.3 Å². The number of methoxy groups -OCH3 is 1. The Morgan fingerprint density at radius 1 is 0.925 bits per heavy atom. The van der Waals surface area contributed by atoms with Crippen LogP contribution in [0.2, 0.25) is 0 Å². The highest BCUT2D eigenvalue weighted by Gasteiger charge is 2.38. The second-order valence-electron chi connectivity index (χ2n) is 8.58. The molecule has 4 N–H and O–H groups in total. The monoisotopic (exact) mass is 547 g/mol. The van der Waals surface area contributed by atoms with Gasteiger partial charge in [-0.2, -0.15) is 13.2 Å². The van der Waals surface area contributed by atoms with E-state index in [9.17, 15) is 18.0 Å². The van der Waals surface area contributed by atoms with Crippen LogP contribution in [0.3, 0.4) is 0 Å².